The molecule has 4 aliphatic rings. The van der Waals surface area contributed by atoms with E-state index in [4.69, 9.17) is 8.83 Å². The molecule has 15 rings (SSSR count). The number of benzene rings is 9. The molecule has 0 bridgehead atoms. The predicted molar refractivity (Wildman–Crippen MR) is 299 cm³/mol. The van der Waals surface area contributed by atoms with Gasteiger partial charge in [-0.2, -0.15) is 0 Å². The van der Waals surface area contributed by atoms with Gasteiger partial charge >= 0.3 is 0 Å². The fourth-order valence-corrected chi connectivity index (χ4v) is 15.1. The topological polar surface area (TPSA) is 26.3 Å². The first-order chi connectivity index (χ1) is 34.6. The van der Waals surface area contributed by atoms with E-state index in [-0.39, 0.29) is 27.6 Å². The zero-order valence-electron chi connectivity index (χ0n) is 42.8. The normalized spacial score (nSPS) is 16.9. The van der Waals surface area contributed by atoms with E-state index in [0.29, 0.717) is 0 Å². The van der Waals surface area contributed by atoms with Gasteiger partial charge in [0.15, 0.2) is 0 Å². The average Bonchev–Trinajstić information content (AvgIpc) is 4.17. The first-order valence-corrected chi connectivity index (χ1v) is 26.2. The Bertz CT molecular complexity index is 4230. The van der Waals surface area contributed by atoms with Gasteiger partial charge in [0.25, 0.3) is 0 Å². The summed E-state index contributed by atoms with van der Waals surface area (Å²) in [6.45, 7) is 21.8. The van der Waals surface area contributed by atoms with Crippen molar-refractivity contribution in [1.82, 2.24) is 0 Å². The molecule has 2 heterocycles. The van der Waals surface area contributed by atoms with E-state index >= 15 is 0 Å². The van der Waals surface area contributed by atoms with Gasteiger partial charge in [-0.15, -0.1) is 0 Å². The molecule has 4 aliphatic carbocycles. The second kappa shape index (κ2) is 14.0. The van der Waals surface area contributed by atoms with Crippen molar-refractivity contribution in [2.45, 2.75) is 103 Å². The SMILES string of the molecule is Cc1ccccc1C(Cc1ccc2c(c1)C(C)(C)c1cc3c(cc1-2)C(C)(C)c1ccc2oc4ccccc4c2c1-3)Cc1ccc2c(c1)C(C)(C)c1c3c(c4oc5ccccc5c4c1-2)-c1ccccc1C3(C)C. The highest BCUT2D eigenvalue weighted by Gasteiger charge is 2.49. The Balaban J connectivity index is 0.826. The first-order valence-electron chi connectivity index (χ1n) is 26.2. The Kier molecular flexibility index (Phi) is 8.19. The van der Waals surface area contributed by atoms with Crippen molar-refractivity contribution in [2.75, 3.05) is 0 Å². The second-order valence-electron chi connectivity index (χ2n) is 24.0. The van der Waals surface area contributed by atoms with Crippen LogP contribution in [-0.4, -0.2) is 0 Å². The van der Waals surface area contributed by atoms with E-state index < -0.39 is 0 Å². The fraction of sp³-hybridized carbons (Fsp3) is 0.229. The first kappa shape index (κ1) is 42.3. The van der Waals surface area contributed by atoms with Crippen molar-refractivity contribution < 1.29 is 8.83 Å². The number of rotatable bonds is 5. The zero-order chi connectivity index (χ0) is 49.0. The maximum Gasteiger partial charge on any atom is 0.144 e. The van der Waals surface area contributed by atoms with E-state index in [1.165, 1.54) is 133 Å². The highest BCUT2D eigenvalue weighted by atomic mass is 16.3. The van der Waals surface area contributed by atoms with Crippen LogP contribution in [0.15, 0.2) is 167 Å². The summed E-state index contributed by atoms with van der Waals surface area (Å²) in [5.41, 5.74) is 30.8. The summed E-state index contributed by atoms with van der Waals surface area (Å²) < 4.78 is 13.4. The van der Waals surface area contributed by atoms with Crippen LogP contribution in [0.5, 0.6) is 0 Å². The number of fused-ring (bicyclic) bond motifs is 22. The largest absolute Gasteiger partial charge is 0.456 e. The van der Waals surface area contributed by atoms with Crippen LogP contribution in [-0.2, 0) is 34.5 Å². The molecular weight excluding hydrogens is 873 g/mol. The molecule has 11 aromatic rings. The highest BCUT2D eigenvalue weighted by Crippen LogP contribution is 2.64. The van der Waals surface area contributed by atoms with Gasteiger partial charge in [0, 0.05) is 48.8 Å². The minimum absolute atomic E-state index is 0.141. The summed E-state index contributed by atoms with van der Waals surface area (Å²) in [7, 11) is 0. The maximum absolute atomic E-state index is 6.97. The van der Waals surface area contributed by atoms with Crippen LogP contribution in [0, 0.1) is 6.92 Å². The van der Waals surface area contributed by atoms with Crippen LogP contribution in [0.25, 0.3) is 88.4 Å². The molecule has 9 aromatic carbocycles. The molecule has 0 fully saturated rings. The molecule has 350 valence electrons. The standard InChI is InChI=1S/C70H58O2/c1-38-18-10-11-19-42(38)41(32-39-26-28-43-48-36-55-49(37-54(48)68(4,5)52(43)34-39)59-51(67(55,2)3)30-31-58-60(59)46-21-13-16-24-56(46)71-58)33-40-27-29-45-53(35-40)70(8,9)64-61(45)62-47-22-14-17-25-57(47)72-66(62)63-44-20-12-15-23-50(44)69(6,7)65(63)64/h10-31,34-37,41H,32-33H2,1-9H3. The van der Waals surface area contributed by atoms with E-state index in [0.717, 1.165) is 35.2 Å². The quantitative estimate of drug-likeness (QED) is 0.172. The summed E-state index contributed by atoms with van der Waals surface area (Å²) in [5, 5.41) is 4.89. The Morgan fingerprint density at radius 3 is 1.67 bits per heavy atom. The Morgan fingerprint density at radius 1 is 0.375 bits per heavy atom. The number of furan rings is 2. The lowest BCUT2D eigenvalue weighted by atomic mass is 9.72. The van der Waals surface area contributed by atoms with Crippen LogP contribution < -0.4 is 0 Å². The smallest absolute Gasteiger partial charge is 0.144 e. The summed E-state index contributed by atoms with van der Waals surface area (Å²) in [4.78, 5) is 0. The number of hydrogen-bond acceptors (Lipinski definition) is 2. The van der Waals surface area contributed by atoms with Crippen molar-refractivity contribution in [3.63, 3.8) is 0 Å². The van der Waals surface area contributed by atoms with Gasteiger partial charge in [-0.05, 0) is 162 Å². The average molecular weight is 931 g/mol. The van der Waals surface area contributed by atoms with Gasteiger partial charge in [-0.1, -0.05) is 183 Å². The molecule has 0 amide bonds. The third kappa shape index (κ3) is 5.30. The van der Waals surface area contributed by atoms with Gasteiger partial charge in [-0.25, -0.2) is 0 Å². The number of hydrogen-bond donors (Lipinski definition) is 0. The van der Waals surface area contributed by atoms with Crippen LogP contribution in [0.4, 0.5) is 0 Å². The highest BCUT2D eigenvalue weighted by molar-refractivity contribution is 6.21. The fourth-order valence-electron chi connectivity index (χ4n) is 15.1. The summed E-state index contributed by atoms with van der Waals surface area (Å²) in [5.74, 6) is 0.288. The molecule has 0 radical (unpaired) electrons. The number of aryl methyl sites for hydroxylation is 1. The Morgan fingerprint density at radius 2 is 0.917 bits per heavy atom. The zero-order valence-corrected chi connectivity index (χ0v) is 42.8. The molecule has 2 aromatic heterocycles. The lowest BCUT2D eigenvalue weighted by molar-refractivity contribution is 0.598. The molecule has 2 heteroatoms. The summed E-state index contributed by atoms with van der Waals surface area (Å²) in [6.07, 6.45) is 1.90. The van der Waals surface area contributed by atoms with E-state index in [2.05, 4.69) is 220 Å². The van der Waals surface area contributed by atoms with Crippen molar-refractivity contribution in [3.05, 3.63) is 224 Å². The molecule has 2 nitrogen and oxygen atoms in total. The molecule has 0 N–H and O–H groups in total. The molecular formula is C70H58O2. The van der Waals surface area contributed by atoms with Crippen LogP contribution in [0.3, 0.4) is 0 Å². The molecule has 0 saturated heterocycles. The summed E-state index contributed by atoms with van der Waals surface area (Å²) >= 11 is 0. The lowest BCUT2D eigenvalue weighted by Crippen LogP contribution is -2.24. The monoisotopic (exact) mass is 930 g/mol. The van der Waals surface area contributed by atoms with Gasteiger partial charge < -0.3 is 8.83 Å². The van der Waals surface area contributed by atoms with Crippen molar-refractivity contribution in [2.24, 2.45) is 0 Å². The second-order valence-corrected chi connectivity index (χ2v) is 24.0. The summed E-state index contributed by atoms with van der Waals surface area (Å²) in [6, 6.07) is 59.9. The molecule has 0 saturated carbocycles. The van der Waals surface area contributed by atoms with E-state index in [1.54, 1.807) is 0 Å². The van der Waals surface area contributed by atoms with Gasteiger partial charge in [0.1, 0.15) is 22.3 Å². The van der Waals surface area contributed by atoms with Crippen LogP contribution >= 0.6 is 0 Å². The Hall–Kier alpha value is -7.42. The van der Waals surface area contributed by atoms with Crippen LogP contribution in [0.1, 0.15) is 128 Å². The van der Waals surface area contributed by atoms with Gasteiger partial charge in [0.2, 0.25) is 0 Å². The van der Waals surface area contributed by atoms with Crippen LogP contribution in [0.2, 0.25) is 0 Å². The third-order valence-electron chi connectivity index (χ3n) is 18.6. The van der Waals surface area contributed by atoms with Gasteiger partial charge in [0.05, 0.1) is 0 Å². The predicted octanol–water partition coefficient (Wildman–Crippen LogP) is 18.6. The molecule has 1 atom stereocenters. The lowest BCUT2D eigenvalue weighted by Gasteiger charge is -2.31. The molecule has 1 unspecified atom stereocenters. The maximum atomic E-state index is 6.97. The van der Waals surface area contributed by atoms with E-state index in [9.17, 15) is 0 Å². The van der Waals surface area contributed by atoms with Crippen molar-refractivity contribution >= 4 is 43.9 Å². The van der Waals surface area contributed by atoms with Crippen molar-refractivity contribution in [3.8, 4) is 44.5 Å². The number of para-hydroxylation sites is 2. The molecule has 0 aliphatic heterocycles. The third-order valence-corrected chi connectivity index (χ3v) is 18.6. The minimum Gasteiger partial charge on any atom is -0.456 e. The minimum atomic E-state index is -0.231. The molecule has 72 heavy (non-hydrogen) atoms. The molecule has 0 spiro atoms. The van der Waals surface area contributed by atoms with Gasteiger partial charge in [-0.3, -0.25) is 0 Å². The van der Waals surface area contributed by atoms with Crippen molar-refractivity contribution in [1.29, 1.82) is 0 Å². The van der Waals surface area contributed by atoms with E-state index in [1.807, 2.05) is 0 Å². The Labute approximate surface area is 422 Å².